The molecular formula is C35H41N7O5S. The van der Waals surface area contributed by atoms with Crippen molar-refractivity contribution >= 4 is 51.8 Å². The van der Waals surface area contributed by atoms with Crippen LogP contribution in [0, 0.1) is 6.92 Å². The predicted molar refractivity (Wildman–Crippen MR) is 183 cm³/mol. The van der Waals surface area contributed by atoms with Crippen molar-refractivity contribution in [3.05, 3.63) is 88.0 Å². The van der Waals surface area contributed by atoms with Gasteiger partial charge in [-0.1, -0.05) is 48.5 Å². The molecule has 0 bridgehead atoms. The van der Waals surface area contributed by atoms with Crippen molar-refractivity contribution in [3.63, 3.8) is 0 Å². The van der Waals surface area contributed by atoms with E-state index in [0.29, 0.717) is 6.42 Å². The molecule has 0 aliphatic carbocycles. The van der Waals surface area contributed by atoms with Crippen LogP contribution in [0.1, 0.15) is 35.0 Å². The van der Waals surface area contributed by atoms with Crippen molar-refractivity contribution in [2.24, 2.45) is 0 Å². The van der Waals surface area contributed by atoms with Gasteiger partial charge in [-0.25, -0.2) is 4.98 Å². The minimum absolute atomic E-state index is 0.0586. The number of aryl methyl sites for hydroxylation is 2. The van der Waals surface area contributed by atoms with Crippen molar-refractivity contribution in [2.45, 2.75) is 57.7 Å². The van der Waals surface area contributed by atoms with Crippen molar-refractivity contribution in [3.8, 4) is 0 Å². The summed E-state index contributed by atoms with van der Waals surface area (Å²) in [6.45, 7) is 3.28. The molecule has 2 aromatic heterocycles. The molecule has 1 fully saturated rings. The highest BCUT2D eigenvalue weighted by Gasteiger charge is 2.33. The second kappa shape index (κ2) is 15.7. The Balaban J connectivity index is 1.42. The Bertz CT molecular complexity index is 1770. The SMILES string of the molecule is Cc1ncsc1CCC(=O)N1CCNC(=O)[C@H](Cc2ccccc2)NC(=O)[C@H](C)N(C)C(=O)[C@H](Cc2c[nH]c3ccccc23)NC(=O)C1. The number of hydrogen-bond donors (Lipinski definition) is 4. The fourth-order valence-corrected chi connectivity index (χ4v) is 6.55. The number of thiazole rings is 1. The summed E-state index contributed by atoms with van der Waals surface area (Å²) in [7, 11) is 1.50. The minimum Gasteiger partial charge on any atom is -0.361 e. The number of aromatic amines is 1. The van der Waals surface area contributed by atoms with Crippen LogP contribution in [0.2, 0.25) is 0 Å². The van der Waals surface area contributed by atoms with E-state index in [-0.39, 0.29) is 44.8 Å². The third-order valence-corrected chi connectivity index (χ3v) is 9.73. The molecule has 3 atom stereocenters. The number of hydrogen-bond acceptors (Lipinski definition) is 7. The molecule has 0 unspecified atom stereocenters. The molecule has 1 aliphatic heterocycles. The molecule has 4 aromatic rings. The van der Waals surface area contributed by atoms with Gasteiger partial charge in [-0.3, -0.25) is 24.0 Å². The van der Waals surface area contributed by atoms with E-state index in [1.165, 1.54) is 28.2 Å². The first-order valence-corrected chi connectivity index (χ1v) is 16.9. The molecule has 5 amide bonds. The normalized spacial score (nSPS) is 20.1. The quantitative estimate of drug-likeness (QED) is 0.236. The maximum Gasteiger partial charge on any atom is 0.245 e. The van der Waals surface area contributed by atoms with Gasteiger partial charge in [0.15, 0.2) is 0 Å². The van der Waals surface area contributed by atoms with Crippen LogP contribution in [0.3, 0.4) is 0 Å². The van der Waals surface area contributed by atoms with Crippen molar-refractivity contribution in [1.82, 2.24) is 35.7 Å². The molecule has 1 saturated heterocycles. The summed E-state index contributed by atoms with van der Waals surface area (Å²) in [6, 6.07) is 14.0. The Morgan fingerprint density at radius 2 is 1.71 bits per heavy atom. The lowest BCUT2D eigenvalue weighted by molar-refractivity contribution is -0.142. The number of fused-ring (bicyclic) bond motifs is 1. The predicted octanol–water partition coefficient (Wildman–Crippen LogP) is 2.13. The highest BCUT2D eigenvalue weighted by Crippen LogP contribution is 2.20. The molecule has 2 aromatic carbocycles. The Morgan fingerprint density at radius 1 is 0.958 bits per heavy atom. The average Bonchev–Trinajstić information content (AvgIpc) is 3.70. The fraction of sp³-hybridized carbons (Fsp3) is 0.371. The largest absolute Gasteiger partial charge is 0.361 e. The highest BCUT2D eigenvalue weighted by molar-refractivity contribution is 7.09. The summed E-state index contributed by atoms with van der Waals surface area (Å²) in [6.07, 6.45) is 2.80. The van der Waals surface area contributed by atoms with E-state index in [4.69, 9.17) is 0 Å². The fourth-order valence-electron chi connectivity index (χ4n) is 5.77. The van der Waals surface area contributed by atoms with Crippen LogP contribution in [0.25, 0.3) is 10.9 Å². The molecular weight excluding hydrogens is 630 g/mol. The molecule has 0 spiro atoms. The topological polar surface area (TPSA) is 157 Å². The zero-order valence-electron chi connectivity index (χ0n) is 27.3. The van der Waals surface area contributed by atoms with Crippen LogP contribution in [0.5, 0.6) is 0 Å². The van der Waals surface area contributed by atoms with Gasteiger partial charge in [0.2, 0.25) is 29.5 Å². The monoisotopic (exact) mass is 671 g/mol. The summed E-state index contributed by atoms with van der Waals surface area (Å²) in [5.74, 6) is -2.21. The first kappa shape index (κ1) is 34.3. The van der Waals surface area contributed by atoms with Gasteiger partial charge < -0.3 is 30.7 Å². The number of H-pyrrole nitrogens is 1. The summed E-state index contributed by atoms with van der Waals surface area (Å²) in [4.78, 5) is 79.2. The van der Waals surface area contributed by atoms with E-state index in [2.05, 4.69) is 25.9 Å². The number of aromatic nitrogens is 2. The zero-order valence-corrected chi connectivity index (χ0v) is 28.1. The van der Waals surface area contributed by atoms with Crippen LogP contribution in [-0.2, 0) is 43.2 Å². The molecule has 12 nitrogen and oxygen atoms in total. The Morgan fingerprint density at radius 3 is 2.46 bits per heavy atom. The van der Waals surface area contributed by atoms with Gasteiger partial charge in [0, 0.05) is 61.4 Å². The van der Waals surface area contributed by atoms with E-state index >= 15 is 0 Å². The number of nitrogens with zero attached hydrogens (tertiary/aromatic N) is 3. The summed E-state index contributed by atoms with van der Waals surface area (Å²) < 4.78 is 0. The summed E-state index contributed by atoms with van der Waals surface area (Å²) >= 11 is 1.47. The molecule has 4 N–H and O–H groups in total. The third-order valence-electron chi connectivity index (χ3n) is 8.73. The summed E-state index contributed by atoms with van der Waals surface area (Å²) in [5, 5.41) is 9.44. The van der Waals surface area contributed by atoms with Gasteiger partial charge in [0.25, 0.3) is 0 Å². The van der Waals surface area contributed by atoms with E-state index in [9.17, 15) is 24.0 Å². The molecule has 3 heterocycles. The molecule has 5 rings (SSSR count). The summed E-state index contributed by atoms with van der Waals surface area (Å²) in [5.41, 5.74) is 5.14. The highest BCUT2D eigenvalue weighted by atomic mass is 32.1. The van der Waals surface area contributed by atoms with Crippen LogP contribution in [-0.4, -0.2) is 94.1 Å². The molecule has 0 radical (unpaired) electrons. The van der Waals surface area contributed by atoms with Crippen molar-refractivity contribution in [2.75, 3.05) is 26.7 Å². The van der Waals surface area contributed by atoms with Crippen LogP contribution >= 0.6 is 11.3 Å². The molecule has 13 heteroatoms. The van der Waals surface area contributed by atoms with Crippen LogP contribution in [0.4, 0.5) is 0 Å². The number of nitrogens with one attached hydrogen (secondary N) is 4. The van der Waals surface area contributed by atoms with Gasteiger partial charge in [0.05, 0.1) is 17.7 Å². The van der Waals surface area contributed by atoms with Gasteiger partial charge in [0.1, 0.15) is 18.1 Å². The van der Waals surface area contributed by atoms with Crippen LogP contribution < -0.4 is 16.0 Å². The number of likely N-dealkylation sites (N-methyl/N-ethyl adjacent to an activating group) is 1. The lowest BCUT2D eigenvalue weighted by Gasteiger charge is -2.30. The Kier molecular flexibility index (Phi) is 11.2. The maximum absolute atomic E-state index is 14.0. The number of benzene rings is 2. The first-order valence-electron chi connectivity index (χ1n) is 16.0. The molecule has 48 heavy (non-hydrogen) atoms. The second-order valence-electron chi connectivity index (χ2n) is 12.0. The third kappa shape index (κ3) is 8.45. The molecule has 1 aliphatic rings. The number of carbonyl (C=O) groups excluding carboxylic acids is 5. The van der Waals surface area contributed by atoms with E-state index < -0.39 is 41.8 Å². The van der Waals surface area contributed by atoms with E-state index in [0.717, 1.165) is 32.6 Å². The van der Waals surface area contributed by atoms with Gasteiger partial charge >= 0.3 is 0 Å². The zero-order chi connectivity index (χ0) is 34.2. The number of carbonyl (C=O) groups is 5. The first-order chi connectivity index (χ1) is 23.1. The van der Waals surface area contributed by atoms with Gasteiger partial charge in [-0.05, 0) is 37.5 Å². The minimum atomic E-state index is -1.03. The Labute approximate surface area is 283 Å². The van der Waals surface area contributed by atoms with Crippen molar-refractivity contribution in [1.29, 1.82) is 0 Å². The van der Waals surface area contributed by atoms with Gasteiger partial charge in [-0.15, -0.1) is 11.3 Å². The van der Waals surface area contributed by atoms with Crippen molar-refractivity contribution < 1.29 is 24.0 Å². The van der Waals surface area contributed by atoms with E-state index in [1.807, 2.05) is 61.5 Å². The maximum atomic E-state index is 14.0. The van der Waals surface area contributed by atoms with Gasteiger partial charge in [-0.2, -0.15) is 0 Å². The standard InChI is InChI=1S/C35H41N7O5S/c1-22-30(48-21-38-22)13-14-32(44)42-16-15-36-34(46)28(17-24-9-5-4-6-10-24)40-33(45)23(2)41(3)35(47)29(39-31(43)20-42)18-25-19-37-27-12-8-7-11-26(25)27/h4-12,19,21,23,28-29,37H,13-18,20H2,1-3H3,(H,36,46)(H,39,43)(H,40,45)/t23-,28-,29-/m0/s1. The number of rotatable bonds is 7. The lowest BCUT2D eigenvalue weighted by Crippen LogP contribution is -2.57. The lowest BCUT2D eigenvalue weighted by atomic mass is 10.0. The number of para-hydroxylation sites is 1. The average molecular weight is 672 g/mol. The van der Waals surface area contributed by atoms with Crippen LogP contribution in [0.15, 0.2) is 66.3 Å². The smallest absolute Gasteiger partial charge is 0.245 e. The molecule has 0 saturated carbocycles. The molecule has 252 valence electrons. The van der Waals surface area contributed by atoms with E-state index in [1.54, 1.807) is 18.6 Å². The number of amides is 5. The Hall–Kier alpha value is -5.04. The second-order valence-corrected chi connectivity index (χ2v) is 13.0.